The largest absolute Gasteiger partial charge is 0.0692 e. The van der Waals surface area contributed by atoms with Crippen LogP contribution in [-0.4, -0.2) is 8.07 Å². The average Bonchev–Trinajstić information content (AvgIpc) is 2.00. The van der Waals surface area contributed by atoms with Gasteiger partial charge in [-0.25, -0.2) is 0 Å². The lowest BCUT2D eigenvalue weighted by Crippen LogP contribution is -2.26. The third kappa shape index (κ3) is 3.40. The van der Waals surface area contributed by atoms with Gasteiger partial charge < -0.3 is 0 Å². The molecule has 62 valence electrons. The highest BCUT2D eigenvalue weighted by Gasteiger charge is 2.20. The van der Waals surface area contributed by atoms with Gasteiger partial charge in [-0.3, -0.25) is 0 Å². The van der Waals surface area contributed by atoms with Crippen molar-refractivity contribution in [3.8, 4) is 0 Å². The van der Waals surface area contributed by atoms with E-state index < -0.39 is 8.07 Å². The van der Waals surface area contributed by atoms with E-state index in [1.165, 1.54) is 24.9 Å². The molecule has 10 heavy (non-hydrogen) atoms. The smallest absolute Gasteiger partial charge is 0.0499 e. The number of unbranched alkanes of at least 4 members (excludes halogenated alkanes) is 1. The molecule has 0 saturated heterocycles. The molecule has 0 spiro atoms. The molecule has 0 aliphatic rings. The lowest BCUT2D eigenvalue weighted by Gasteiger charge is -2.23. The van der Waals surface area contributed by atoms with Gasteiger partial charge in [0.15, 0.2) is 0 Å². The van der Waals surface area contributed by atoms with Gasteiger partial charge >= 0.3 is 0 Å². The van der Waals surface area contributed by atoms with Gasteiger partial charge in [0.05, 0.1) is 0 Å². The zero-order valence-corrected chi connectivity index (χ0v) is 9.04. The molecule has 0 aromatic heterocycles. The van der Waals surface area contributed by atoms with Crippen molar-refractivity contribution in [1.82, 2.24) is 0 Å². The van der Waals surface area contributed by atoms with E-state index in [2.05, 4.69) is 27.3 Å². The topological polar surface area (TPSA) is 0 Å². The summed E-state index contributed by atoms with van der Waals surface area (Å²) in [4.78, 5) is 0. The highest BCUT2D eigenvalue weighted by atomic mass is 28.3. The van der Waals surface area contributed by atoms with E-state index in [1.807, 2.05) is 0 Å². The van der Waals surface area contributed by atoms with E-state index >= 15 is 0 Å². The van der Waals surface area contributed by atoms with Crippen molar-refractivity contribution in [1.29, 1.82) is 0 Å². The number of hydrogen-bond acceptors (Lipinski definition) is 0. The SMILES string of the molecule is CCCC[Si](C)(CC)CC. The van der Waals surface area contributed by atoms with Gasteiger partial charge in [0, 0.05) is 8.07 Å². The maximum absolute atomic E-state index is 2.54. The minimum absolute atomic E-state index is 0.718. The molecule has 0 radical (unpaired) electrons. The van der Waals surface area contributed by atoms with Crippen LogP contribution in [-0.2, 0) is 0 Å². The normalized spacial score (nSPS) is 12.0. The van der Waals surface area contributed by atoms with E-state index in [9.17, 15) is 0 Å². The molecule has 0 aliphatic heterocycles. The maximum Gasteiger partial charge on any atom is 0.0499 e. The minimum Gasteiger partial charge on any atom is -0.0692 e. The quantitative estimate of drug-likeness (QED) is 0.532. The van der Waals surface area contributed by atoms with Gasteiger partial charge in [0.1, 0.15) is 0 Å². The van der Waals surface area contributed by atoms with E-state index in [4.69, 9.17) is 0 Å². The van der Waals surface area contributed by atoms with Crippen LogP contribution in [0.15, 0.2) is 0 Å². The van der Waals surface area contributed by atoms with Gasteiger partial charge in [0.2, 0.25) is 0 Å². The van der Waals surface area contributed by atoms with E-state index in [1.54, 1.807) is 6.04 Å². The Bertz CT molecular complexity index is 74.8. The first-order chi connectivity index (χ1) is 4.68. The molecule has 1 heteroatoms. The highest BCUT2D eigenvalue weighted by Crippen LogP contribution is 2.22. The lowest BCUT2D eigenvalue weighted by atomic mass is 10.4. The second kappa shape index (κ2) is 4.95. The molecule has 0 rings (SSSR count). The zero-order valence-electron chi connectivity index (χ0n) is 8.04. The summed E-state index contributed by atoms with van der Waals surface area (Å²) in [5.74, 6) is 0. The monoisotopic (exact) mass is 158 g/mol. The van der Waals surface area contributed by atoms with Crippen LogP contribution in [0, 0.1) is 0 Å². The summed E-state index contributed by atoms with van der Waals surface area (Å²) >= 11 is 0. The molecule has 0 saturated carbocycles. The Morgan fingerprint density at radius 3 is 1.80 bits per heavy atom. The standard InChI is InChI=1S/C9H22Si/c1-5-8-9-10(4,6-2)7-3/h5-9H2,1-4H3. The fourth-order valence-corrected chi connectivity index (χ4v) is 3.62. The van der Waals surface area contributed by atoms with E-state index in [0.717, 1.165) is 0 Å². The summed E-state index contributed by atoms with van der Waals surface area (Å²) in [5, 5.41) is 0. The highest BCUT2D eigenvalue weighted by molar-refractivity contribution is 6.78. The van der Waals surface area contributed by atoms with Crippen LogP contribution in [0.5, 0.6) is 0 Å². The molecule has 0 N–H and O–H groups in total. The predicted molar refractivity (Wildman–Crippen MR) is 52.3 cm³/mol. The molecule has 0 fully saturated rings. The minimum atomic E-state index is -0.718. The Morgan fingerprint density at radius 2 is 1.50 bits per heavy atom. The third-order valence-corrected chi connectivity index (χ3v) is 7.82. The molecule has 0 amide bonds. The second-order valence-corrected chi connectivity index (χ2v) is 9.16. The van der Waals surface area contributed by atoms with Crippen LogP contribution in [0.3, 0.4) is 0 Å². The van der Waals surface area contributed by atoms with Gasteiger partial charge in [-0.15, -0.1) is 0 Å². The molecule has 0 heterocycles. The summed E-state index contributed by atoms with van der Waals surface area (Å²) in [6.45, 7) is 9.57. The van der Waals surface area contributed by atoms with Crippen LogP contribution in [0.1, 0.15) is 33.6 Å². The third-order valence-electron chi connectivity index (χ3n) is 2.84. The number of hydrogen-bond donors (Lipinski definition) is 0. The molecule has 0 aromatic rings. The Labute approximate surface area is 67.0 Å². The van der Waals surface area contributed by atoms with Gasteiger partial charge in [-0.1, -0.05) is 58.3 Å². The van der Waals surface area contributed by atoms with Crippen LogP contribution in [0.4, 0.5) is 0 Å². The molecular weight excluding hydrogens is 136 g/mol. The van der Waals surface area contributed by atoms with Crippen molar-refractivity contribution in [2.45, 2.75) is 58.3 Å². The van der Waals surface area contributed by atoms with Crippen molar-refractivity contribution in [3.05, 3.63) is 0 Å². The van der Waals surface area contributed by atoms with Crippen molar-refractivity contribution < 1.29 is 0 Å². The van der Waals surface area contributed by atoms with Crippen molar-refractivity contribution in [2.24, 2.45) is 0 Å². The fraction of sp³-hybridized carbons (Fsp3) is 1.00. The molecule has 0 bridgehead atoms. The van der Waals surface area contributed by atoms with Crippen LogP contribution < -0.4 is 0 Å². The zero-order chi connectivity index (χ0) is 8.04. The maximum atomic E-state index is 2.54. The van der Waals surface area contributed by atoms with Crippen molar-refractivity contribution in [2.75, 3.05) is 0 Å². The Balaban J connectivity index is 3.58. The van der Waals surface area contributed by atoms with Crippen LogP contribution >= 0.6 is 0 Å². The van der Waals surface area contributed by atoms with Gasteiger partial charge in [-0.05, 0) is 0 Å². The predicted octanol–water partition coefficient (Wildman–Crippen LogP) is 3.90. The summed E-state index contributed by atoms with van der Waals surface area (Å²) in [7, 11) is -0.718. The first-order valence-electron chi connectivity index (χ1n) is 4.68. The molecule has 0 nitrogen and oxygen atoms in total. The molecule has 0 atom stereocenters. The van der Waals surface area contributed by atoms with Gasteiger partial charge in [0.25, 0.3) is 0 Å². The summed E-state index contributed by atoms with van der Waals surface area (Å²) in [6.07, 6.45) is 2.84. The molecule has 0 aromatic carbocycles. The average molecular weight is 158 g/mol. The van der Waals surface area contributed by atoms with E-state index in [-0.39, 0.29) is 0 Å². The van der Waals surface area contributed by atoms with Crippen LogP contribution in [0.2, 0.25) is 24.7 Å². The Kier molecular flexibility index (Phi) is 5.05. The molecular formula is C9H22Si. The van der Waals surface area contributed by atoms with Crippen LogP contribution in [0.25, 0.3) is 0 Å². The summed E-state index contributed by atoms with van der Waals surface area (Å²) < 4.78 is 0. The Hall–Kier alpha value is 0.217. The van der Waals surface area contributed by atoms with Crippen molar-refractivity contribution >= 4 is 8.07 Å². The first-order valence-corrected chi connectivity index (χ1v) is 7.80. The van der Waals surface area contributed by atoms with E-state index in [0.29, 0.717) is 0 Å². The molecule has 0 aliphatic carbocycles. The molecule has 0 unspecified atom stereocenters. The second-order valence-electron chi connectivity index (χ2n) is 3.62. The lowest BCUT2D eigenvalue weighted by molar-refractivity contribution is 0.859. The summed E-state index contributed by atoms with van der Waals surface area (Å²) in [6, 6.07) is 4.50. The number of rotatable bonds is 5. The van der Waals surface area contributed by atoms with Crippen molar-refractivity contribution in [3.63, 3.8) is 0 Å². The van der Waals surface area contributed by atoms with Gasteiger partial charge in [-0.2, -0.15) is 0 Å². The fourth-order valence-electron chi connectivity index (χ4n) is 1.21. The Morgan fingerprint density at radius 1 is 1.00 bits per heavy atom. The summed E-state index contributed by atoms with van der Waals surface area (Å²) in [5.41, 5.74) is 0. The first kappa shape index (κ1) is 10.2.